The lowest BCUT2D eigenvalue weighted by atomic mass is 9.85. The lowest BCUT2D eigenvalue weighted by Crippen LogP contribution is -2.59. The zero-order valence-electron chi connectivity index (χ0n) is 14.1. The molecule has 1 aliphatic rings. The number of hydrogen-bond donors (Lipinski definition) is 1. The van der Waals surface area contributed by atoms with Crippen LogP contribution in [0.5, 0.6) is 0 Å². The van der Waals surface area contributed by atoms with Crippen LogP contribution in [0, 0.1) is 6.92 Å². The van der Waals surface area contributed by atoms with E-state index in [1.165, 1.54) is 43.8 Å². The highest BCUT2D eigenvalue weighted by molar-refractivity contribution is 7.09. The Labute approximate surface area is 134 Å². The standard InChI is InChI=1S/C17H31N3S/c1-5-9-18-15(12-16-19-14(3)13-21-16)17(4,6-2)20-10-7-8-11-20/h13,15,18H,5-12H2,1-4H3. The normalized spacial score (nSPS) is 20.6. The van der Waals surface area contributed by atoms with Crippen molar-refractivity contribution in [3.63, 3.8) is 0 Å². The van der Waals surface area contributed by atoms with Crippen LogP contribution < -0.4 is 5.32 Å². The second-order valence-corrected chi connectivity index (χ2v) is 7.44. The van der Waals surface area contributed by atoms with E-state index in [1.54, 1.807) is 0 Å². The van der Waals surface area contributed by atoms with Crippen LogP contribution in [0.3, 0.4) is 0 Å². The summed E-state index contributed by atoms with van der Waals surface area (Å²) in [5, 5.41) is 7.27. The third-order valence-corrected chi connectivity index (χ3v) is 5.97. The first-order chi connectivity index (χ1) is 10.1. The Morgan fingerprint density at radius 1 is 1.38 bits per heavy atom. The molecule has 21 heavy (non-hydrogen) atoms. The first-order valence-electron chi connectivity index (χ1n) is 8.49. The number of hydrogen-bond acceptors (Lipinski definition) is 4. The minimum absolute atomic E-state index is 0.241. The molecule has 0 aromatic carbocycles. The van der Waals surface area contributed by atoms with E-state index in [4.69, 9.17) is 4.98 Å². The fourth-order valence-electron chi connectivity index (χ4n) is 3.42. The number of nitrogens with zero attached hydrogens (tertiary/aromatic N) is 2. The summed E-state index contributed by atoms with van der Waals surface area (Å²) in [6.07, 6.45) is 6.14. The molecule has 1 aromatic rings. The molecule has 120 valence electrons. The Morgan fingerprint density at radius 2 is 2.10 bits per heavy atom. The van der Waals surface area contributed by atoms with Gasteiger partial charge in [-0.05, 0) is 59.2 Å². The van der Waals surface area contributed by atoms with Gasteiger partial charge in [0, 0.05) is 29.1 Å². The molecule has 0 saturated carbocycles. The lowest BCUT2D eigenvalue weighted by Gasteiger charge is -2.45. The van der Waals surface area contributed by atoms with Crippen LogP contribution in [0.1, 0.15) is 57.2 Å². The predicted molar refractivity (Wildman–Crippen MR) is 92.1 cm³/mol. The summed E-state index contributed by atoms with van der Waals surface area (Å²) in [6, 6.07) is 0.492. The minimum atomic E-state index is 0.241. The SMILES string of the molecule is CCCNC(Cc1nc(C)cs1)C(C)(CC)N1CCCC1. The van der Waals surface area contributed by atoms with Gasteiger partial charge >= 0.3 is 0 Å². The molecular weight excluding hydrogens is 278 g/mol. The van der Waals surface area contributed by atoms with Crippen LogP contribution in [-0.2, 0) is 6.42 Å². The van der Waals surface area contributed by atoms with E-state index >= 15 is 0 Å². The van der Waals surface area contributed by atoms with Gasteiger partial charge in [-0.1, -0.05) is 13.8 Å². The molecule has 0 bridgehead atoms. The highest BCUT2D eigenvalue weighted by Gasteiger charge is 2.39. The van der Waals surface area contributed by atoms with Gasteiger partial charge in [0.2, 0.25) is 0 Å². The topological polar surface area (TPSA) is 28.2 Å². The zero-order valence-corrected chi connectivity index (χ0v) is 14.9. The number of aryl methyl sites for hydroxylation is 1. The molecule has 0 amide bonds. The molecule has 1 fully saturated rings. The van der Waals surface area contributed by atoms with Gasteiger partial charge in [0.05, 0.1) is 5.01 Å². The Hall–Kier alpha value is -0.450. The van der Waals surface area contributed by atoms with Crippen molar-refractivity contribution < 1.29 is 0 Å². The van der Waals surface area contributed by atoms with Crippen molar-refractivity contribution in [2.24, 2.45) is 0 Å². The van der Waals surface area contributed by atoms with Crippen LogP contribution in [0.15, 0.2) is 5.38 Å². The van der Waals surface area contributed by atoms with E-state index in [-0.39, 0.29) is 5.54 Å². The van der Waals surface area contributed by atoms with Gasteiger partial charge in [0.1, 0.15) is 0 Å². The number of likely N-dealkylation sites (tertiary alicyclic amines) is 1. The Bertz CT molecular complexity index is 425. The molecule has 2 atom stereocenters. The zero-order chi connectivity index (χ0) is 15.3. The Morgan fingerprint density at radius 3 is 2.62 bits per heavy atom. The highest BCUT2D eigenvalue weighted by atomic mass is 32.1. The van der Waals surface area contributed by atoms with Crippen LogP contribution in [0.25, 0.3) is 0 Å². The highest BCUT2D eigenvalue weighted by Crippen LogP contribution is 2.30. The van der Waals surface area contributed by atoms with Crippen LogP contribution in [0.4, 0.5) is 0 Å². The van der Waals surface area contributed by atoms with Crippen molar-refractivity contribution in [3.8, 4) is 0 Å². The van der Waals surface area contributed by atoms with E-state index in [0.29, 0.717) is 6.04 Å². The largest absolute Gasteiger partial charge is 0.312 e. The third kappa shape index (κ3) is 4.05. The van der Waals surface area contributed by atoms with Gasteiger partial charge in [0.15, 0.2) is 0 Å². The molecule has 4 heteroatoms. The molecule has 0 aliphatic carbocycles. The average molecular weight is 310 g/mol. The van der Waals surface area contributed by atoms with Gasteiger partial charge in [-0.2, -0.15) is 0 Å². The predicted octanol–water partition coefficient (Wildman–Crippen LogP) is 3.63. The minimum Gasteiger partial charge on any atom is -0.312 e. The molecule has 0 spiro atoms. The Balaban J connectivity index is 2.15. The molecule has 2 rings (SSSR count). The third-order valence-electron chi connectivity index (χ3n) is 4.98. The first-order valence-corrected chi connectivity index (χ1v) is 9.37. The summed E-state index contributed by atoms with van der Waals surface area (Å²) in [6.45, 7) is 12.7. The molecule has 3 nitrogen and oxygen atoms in total. The fraction of sp³-hybridized carbons (Fsp3) is 0.824. The van der Waals surface area contributed by atoms with E-state index in [2.05, 4.69) is 43.3 Å². The maximum Gasteiger partial charge on any atom is 0.0944 e. The van der Waals surface area contributed by atoms with Crippen LogP contribution in [0.2, 0.25) is 0 Å². The second kappa shape index (κ2) is 7.70. The summed E-state index contributed by atoms with van der Waals surface area (Å²) in [5.41, 5.74) is 1.40. The van der Waals surface area contributed by atoms with E-state index in [1.807, 2.05) is 11.3 Å². The van der Waals surface area contributed by atoms with Gasteiger partial charge in [-0.25, -0.2) is 4.98 Å². The number of nitrogens with one attached hydrogen (secondary N) is 1. The lowest BCUT2D eigenvalue weighted by molar-refractivity contribution is 0.0840. The van der Waals surface area contributed by atoms with Crippen molar-refractivity contribution in [1.82, 2.24) is 15.2 Å². The van der Waals surface area contributed by atoms with Crippen molar-refractivity contribution in [1.29, 1.82) is 0 Å². The monoisotopic (exact) mass is 309 g/mol. The van der Waals surface area contributed by atoms with Crippen LogP contribution >= 0.6 is 11.3 Å². The summed E-state index contributed by atoms with van der Waals surface area (Å²) >= 11 is 1.81. The molecular formula is C17H31N3S. The molecule has 2 unspecified atom stereocenters. The summed E-state index contributed by atoms with van der Waals surface area (Å²) in [5.74, 6) is 0. The average Bonchev–Trinajstić information content (AvgIpc) is 3.14. The maximum atomic E-state index is 4.69. The van der Waals surface area contributed by atoms with Crippen molar-refractivity contribution in [2.75, 3.05) is 19.6 Å². The van der Waals surface area contributed by atoms with Gasteiger partial charge < -0.3 is 5.32 Å². The summed E-state index contributed by atoms with van der Waals surface area (Å²) in [7, 11) is 0. The molecule has 2 heterocycles. The van der Waals surface area contributed by atoms with Gasteiger partial charge in [-0.15, -0.1) is 11.3 Å². The Kier molecular flexibility index (Phi) is 6.20. The number of aromatic nitrogens is 1. The number of thiazole rings is 1. The first kappa shape index (κ1) is 16.9. The van der Waals surface area contributed by atoms with E-state index in [0.717, 1.165) is 18.7 Å². The maximum absolute atomic E-state index is 4.69. The quantitative estimate of drug-likeness (QED) is 0.795. The van der Waals surface area contributed by atoms with Gasteiger partial charge in [-0.3, -0.25) is 4.90 Å². The fourth-order valence-corrected chi connectivity index (χ4v) is 4.24. The van der Waals surface area contributed by atoms with Crippen LogP contribution in [-0.4, -0.2) is 41.1 Å². The second-order valence-electron chi connectivity index (χ2n) is 6.50. The van der Waals surface area contributed by atoms with Gasteiger partial charge in [0.25, 0.3) is 0 Å². The smallest absolute Gasteiger partial charge is 0.0944 e. The van der Waals surface area contributed by atoms with Crippen molar-refractivity contribution in [3.05, 3.63) is 16.1 Å². The molecule has 1 saturated heterocycles. The van der Waals surface area contributed by atoms with Crippen molar-refractivity contribution in [2.45, 2.75) is 71.4 Å². The summed E-state index contributed by atoms with van der Waals surface area (Å²) in [4.78, 5) is 7.40. The molecule has 0 radical (unpaired) electrons. The molecule has 1 aromatic heterocycles. The van der Waals surface area contributed by atoms with E-state index < -0.39 is 0 Å². The van der Waals surface area contributed by atoms with E-state index in [9.17, 15) is 0 Å². The number of rotatable bonds is 8. The summed E-state index contributed by atoms with van der Waals surface area (Å²) < 4.78 is 0. The molecule has 1 aliphatic heterocycles. The molecule has 1 N–H and O–H groups in total. The van der Waals surface area contributed by atoms with Crippen molar-refractivity contribution >= 4 is 11.3 Å².